The molecule has 1 aromatic heterocycles. The molecule has 0 aliphatic heterocycles. The van der Waals surface area contributed by atoms with Crippen LogP contribution in [-0.2, 0) is 33.8 Å². The molecule has 2 rings (SSSR count). The van der Waals surface area contributed by atoms with Gasteiger partial charge in [0, 0.05) is 13.0 Å². The van der Waals surface area contributed by atoms with Gasteiger partial charge in [0.25, 0.3) is 0 Å². The molecule has 1 heterocycles. The van der Waals surface area contributed by atoms with Crippen molar-refractivity contribution in [1.29, 1.82) is 0 Å². The normalized spacial score (nSPS) is 12.3. The quantitative estimate of drug-likeness (QED) is 0.682. The first-order valence-electron chi connectivity index (χ1n) is 9.78. The van der Waals surface area contributed by atoms with Crippen LogP contribution < -0.4 is 5.32 Å². The minimum Gasteiger partial charge on any atom is -0.458 e. The Morgan fingerprint density at radius 1 is 1.17 bits per heavy atom. The van der Waals surface area contributed by atoms with Crippen molar-refractivity contribution in [2.45, 2.75) is 72.3 Å². The van der Waals surface area contributed by atoms with Gasteiger partial charge in [-0.05, 0) is 46.6 Å². The number of aryl methyl sites for hydroxylation is 2. The standard InChI is InChI=1S/C21H30N4O4/c1-6-25-15(2)23-24-18(25)13-12-17(19(26)29-21(3,4)5)22-20(27)28-14-16-10-8-7-9-11-16/h7-11,17H,6,12-14H2,1-5H3,(H,22,27)/t17-/m0/s1. The summed E-state index contributed by atoms with van der Waals surface area (Å²) in [4.78, 5) is 24.9. The van der Waals surface area contributed by atoms with E-state index in [1.54, 1.807) is 20.8 Å². The number of alkyl carbamates (subject to hydrolysis) is 1. The number of ether oxygens (including phenoxy) is 2. The van der Waals surface area contributed by atoms with E-state index in [1.165, 1.54) is 0 Å². The summed E-state index contributed by atoms with van der Waals surface area (Å²) in [5.41, 5.74) is 0.202. The lowest BCUT2D eigenvalue weighted by molar-refractivity contribution is -0.157. The van der Waals surface area contributed by atoms with Crippen LogP contribution in [0.4, 0.5) is 4.79 Å². The number of amides is 1. The summed E-state index contributed by atoms with van der Waals surface area (Å²) in [6.07, 6.45) is 0.128. The Hall–Kier alpha value is -2.90. The zero-order valence-corrected chi connectivity index (χ0v) is 17.8. The average Bonchev–Trinajstić information content (AvgIpc) is 3.02. The molecule has 0 fully saturated rings. The van der Waals surface area contributed by atoms with Crippen molar-refractivity contribution in [3.63, 3.8) is 0 Å². The predicted molar refractivity (Wildman–Crippen MR) is 108 cm³/mol. The maximum atomic E-state index is 12.6. The monoisotopic (exact) mass is 402 g/mol. The molecule has 0 unspecified atom stereocenters. The molecule has 29 heavy (non-hydrogen) atoms. The van der Waals surface area contributed by atoms with Crippen molar-refractivity contribution in [2.24, 2.45) is 0 Å². The predicted octanol–water partition coefficient (Wildman–Crippen LogP) is 3.18. The Morgan fingerprint density at radius 3 is 2.48 bits per heavy atom. The number of carbonyl (C=O) groups is 2. The molecule has 1 aromatic carbocycles. The first kappa shape index (κ1) is 22.4. The molecule has 0 saturated heterocycles. The molecule has 1 N–H and O–H groups in total. The van der Waals surface area contributed by atoms with Crippen molar-refractivity contribution in [3.05, 3.63) is 47.5 Å². The molecule has 0 radical (unpaired) electrons. The van der Waals surface area contributed by atoms with E-state index >= 15 is 0 Å². The van der Waals surface area contributed by atoms with Gasteiger partial charge in [-0.1, -0.05) is 30.3 Å². The molecule has 0 spiro atoms. The molecule has 8 nitrogen and oxygen atoms in total. The van der Waals surface area contributed by atoms with E-state index in [9.17, 15) is 9.59 Å². The van der Waals surface area contributed by atoms with Gasteiger partial charge in [0.05, 0.1) is 0 Å². The Balaban J connectivity index is 2.01. The van der Waals surface area contributed by atoms with Crippen molar-refractivity contribution in [2.75, 3.05) is 0 Å². The van der Waals surface area contributed by atoms with Crippen LogP contribution in [0.1, 0.15) is 51.3 Å². The highest BCUT2D eigenvalue weighted by molar-refractivity contribution is 5.81. The van der Waals surface area contributed by atoms with Crippen LogP contribution in [0.25, 0.3) is 0 Å². The second-order valence-electron chi connectivity index (χ2n) is 7.74. The van der Waals surface area contributed by atoms with Gasteiger partial charge >= 0.3 is 12.1 Å². The number of benzene rings is 1. The van der Waals surface area contributed by atoms with Crippen LogP contribution in [-0.4, -0.2) is 38.5 Å². The molecule has 0 aliphatic carbocycles. The van der Waals surface area contributed by atoms with Gasteiger partial charge in [-0.3, -0.25) is 0 Å². The SMILES string of the molecule is CCn1c(C)nnc1CC[C@H](NC(=O)OCc1ccccc1)C(=O)OC(C)(C)C. The number of hydrogen-bond acceptors (Lipinski definition) is 6. The second-order valence-corrected chi connectivity index (χ2v) is 7.74. The molecule has 1 amide bonds. The van der Waals surface area contributed by atoms with Gasteiger partial charge in [0.2, 0.25) is 0 Å². The Kier molecular flexibility index (Phi) is 7.75. The van der Waals surface area contributed by atoms with E-state index in [1.807, 2.05) is 48.7 Å². The van der Waals surface area contributed by atoms with Gasteiger partial charge < -0.3 is 19.4 Å². The average molecular weight is 402 g/mol. The number of carbonyl (C=O) groups excluding carboxylic acids is 2. The third-order valence-corrected chi connectivity index (χ3v) is 4.18. The van der Waals surface area contributed by atoms with Crippen LogP contribution in [0.15, 0.2) is 30.3 Å². The molecule has 2 aromatic rings. The summed E-state index contributed by atoms with van der Waals surface area (Å²) in [5, 5.41) is 10.9. The van der Waals surface area contributed by atoms with Crippen molar-refractivity contribution in [3.8, 4) is 0 Å². The highest BCUT2D eigenvalue weighted by Gasteiger charge is 2.27. The third kappa shape index (κ3) is 7.21. The topological polar surface area (TPSA) is 95.3 Å². The molecular weight excluding hydrogens is 372 g/mol. The van der Waals surface area contributed by atoms with Crippen molar-refractivity contribution < 1.29 is 19.1 Å². The molecule has 0 aliphatic rings. The van der Waals surface area contributed by atoms with Gasteiger partial charge in [0.15, 0.2) is 0 Å². The molecular formula is C21H30N4O4. The zero-order valence-electron chi connectivity index (χ0n) is 17.8. The Labute approximate surface area is 171 Å². The number of nitrogens with zero attached hydrogens (tertiary/aromatic N) is 3. The third-order valence-electron chi connectivity index (χ3n) is 4.18. The van der Waals surface area contributed by atoms with E-state index in [0.29, 0.717) is 12.8 Å². The summed E-state index contributed by atoms with van der Waals surface area (Å²) in [7, 11) is 0. The van der Waals surface area contributed by atoms with Gasteiger partial charge in [-0.2, -0.15) is 0 Å². The minimum atomic E-state index is -0.847. The first-order chi connectivity index (χ1) is 13.7. The lowest BCUT2D eigenvalue weighted by atomic mass is 10.1. The zero-order chi connectivity index (χ0) is 21.4. The Morgan fingerprint density at radius 2 is 1.86 bits per heavy atom. The fourth-order valence-electron chi connectivity index (χ4n) is 2.82. The van der Waals surface area contributed by atoms with E-state index in [4.69, 9.17) is 9.47 Å². The summed E-state index contributed by atoms with van der Waals surface area (Å²) in [6.45, 7) is 10.1. The molecule has 1 atom stereocenters. The number of esters is 1. The van der Waals surface area contributed by atoms with Crippen LogP contribution in [0.5, 0.6) is 0 Å². The largest absolute Gasteiger partial charge is 0.458 e. The van der Waals surface area contributed by atoms with Gasteiger partial charge in [-0.25, -0.2) is 9.59 Å². The fourth-order valence-corrected chi connectivity index (χ4v) is 2.82. The van der Waals surface area contributed by atoms with Gasteiger partial charge in [-0.15, -0.1) is 10.2 Å². The molecule has 0 bridgehead atoms. The Bertz CT molecular complexity index is 812. The first-order valence-corrected chi connectivity index (χ1v) is 9.78. The van der Waals surface area contributed by atoms with E-state index in [2.05, 4.69) is 15.5 Å². The summed E-state index contributed by atoms with van der Waals surface area (Å²) in [5.74, 6) is 1.07. The lowest BCUT2D eigenvalue weighted by Crippen LogP contribution is -2.44. The van der Waals surface area contributed by atoms with Crippen LogP contribution in [0, 0.1) is 6.92 Å². The fraction of sp³-hybridized carbons (Fsp3) is 0.524. The lowest BCUT2D eigenvalue weighted by Gasteiger charge is -2.24. The molecule has 158 valence electrons. The highest BCUT2D eigenvalue weighted by atomic mass is 16.6. The molecule has 8 heteroatoms. The van der Waals surface area contributed by atoms with Crippen LogP contribution in [0.3, 0.4) is 0 Å². The maximum absolute atomic E-state index is 12.6. The molecule has 0 saturated carbocycles. The van der Waals surface area contributed by atoms with Crippen LogP contribution >= 0.6 is 0 Å². The van der Waals surface area contributed by atoms with E-state index < -0.39 is 23.7 Å². The minimum absolute atomic E-state index is 0.122. The van der Waals surface area contributed by atoms with Gasteiger partial charge in [0.1, 0.15) is 29.9 Å². The summed E-state index contributed by atoms with van der Waals surface area (Å²) in [6, 6.07) is 8.49. The summed E-state index contributed by atoms with van der Waals surface area (Å²) >= 11 is 0. The number of rotatable bonds is 8. The second kappa shape index (κ2) is 10.0. The smallest absolute Gasteiger partial charge is 0.408 e. The number of nitrogens with one attached hydrogen (secondary N) is 1. The van der Waals surface area contributed by atoms with E-state index in [-0.39, 0.29) is 6.61 Å². The van der Waals surface area contributed by atoms with Crippen molar-refractivity contribution in [1.82, 2.24) is 20.1 Å². The van der Waals surface area contributed by atoms with E-state index in [0.717, 1.165) is 23.8 Å². The van der Waals surface area contributed by atoms with Crippen molar-refractivity contribution >= 4 is 12.1 Å². The number of aromatic nitrogens is 3. The van der Waals surface area contributed by atoms with Crippen LogP contribution in [0.2, 0.25) is 0 Å². The summed E-state index contributed by atoms with van der Waals surface area (Å²) < 4.78 is 12.7. The maximum Gasteiger partial charge on any atom is 0.408 e. The number of hydrogen-bond donors (Lipinski definition) is 1. The highest BCUT2D eigenvalue weighted by Crippen LogP contribution is 2.13.